The molecule has 0 unspecified atom stereocenters. The van der Waals surface area contributed by atoms with Crippen molar-refractivity contribution in [2.24, 2.45) is 7.05 Å². The molecule has 0 saturated carbocycles. The Bertz CT molecular complexity index is 769. The molecule has 90 valence electrons. The number of fused-ring (bicyclic) bond motifs is 1. The van der Waals surface area contributed by atoms with Gasteiger partial charge in [0.2, 0.25) is 0 Å². The van der Waals surface area contributed by atoms with Crippen LogP contribution in [0, 0.1) is 5.82 Å². The topological polar surface area (TPSA) is 26.9 Å². The van der Waals surface area contributed by atoms with Gasteiger partial charge in [0.15, 0.2) is 0 Å². The average molecular weight is 242 g/mol. The molecule has 4 heteroatoms. The smallest absolute Gasteiger partial charge is 0.279 e. The van der Waals surface area contributed by atoms with Crippen molar-refractivity contribution in [3.05, 3.63) is 64.7 Å². The fourth-order valence-electron chi connectivity index (χ4n) is 2.17. The van der Waals surface area contributed by atoms with Crippen LogP contribution in [-0.2, 0) is 7.05 Å². The van der Waals surface area contributed by atoms with Gasteiger partial charge >= 0.3 is 0 Å². The van der Waals surface area contributed by atoms with Gasteiger partial charge in [0, 0.05) is 7.05 Å². The molecule has 1 aromatic heterocycles. The summed E-state index contributed by atoms with van der Waals surface area (Å²) in [5.74, 6) is -0.314. The molecule has 2 aromatic carbocycles. The van der Waals surface area contributed by atoms with Crippen molar-refractivity contribution >= 4 is 10.9 Å². The first-order chi connectivity index (χ1) is 8.68. The SMILES string of the molecule is Cn1c2ccccc2c(=O)n1-c1ccc(F)cc1. The lowest BCUT2D eigenvalue weighted by molar-refractivity contribution is 0.623. The molecule has 0 atom stereocenters. The Balaban J connectivity index is 2.36. The van der Waals surface area contributed by atoms with Gasteiger partial charge in [0.1, 0.15) is 5.82 Å². The molecular weight excluding hydrogens is 231 g/mol. The van der Waals surface area contributed by atoms with Crippen LogP contribution < -0.4 is 5.56 Å². The molecular formula is C14H11FN2O. The molecule has 0 N–H and O–H groups in total. The molecule has 0 fully saturated rings. The Morgan fingerprint density at radius 2 is 1.67 bits per heavy atom. The zero-order valence-electron chi connectivity index (χ0n) is 9.80. The predicted octanol–water partition coefficient (Wildman–Crippen LogP) is 2.47. The van der Waals surface area contributed by atoms with Gasteiger partial charge in [-0.3, -0.25) is 9.48 Å². The van der Waals surface area contributed by atoms with Gasteiger partial charge in [-0.05, 0) is 36.4 Å². The minimum atomic E-state index is -0.314. The van der Waals surface area contributed by atoms with Crippen molar-refractivity contribution in [2.75, 3.05) is 0 Å². The van der Waals surface area contributed by atoms with Gasteiger partial charge in [-0.15, -0.1) is 0 Å². The quantitative estimate of drug-likeness (QED) is 0.644. The summed E-state index contributed by atoms with van der Waals surface area (Å²) < 4.78 is 16.2. The molecule has 0 saturated heterocycles. The highest BCUT2D eigenvalue weighted by Gasteiger charge is 2.11. The fourth-order valence-corrected chi connectivity index (χ4v) is 2.17. The lowest BCUT2D eigenvalue weighted by Gasteiger charge is -2.07. The first kappa shape index (κ1) is 10.8. The maximum atomic E-state index is 12.9. The van der Waals surface area contributed by atoms with Crippen molar-refractivity contribution in [3.8, 4) is 5.69 Å². The second-order valence-corrected chi connectivity index (χ2v) is 4.13. The molecule has 3 aromatic rings. The van der Waals surface area contributed by atoms with Crippen LogP contribution in [0.15, 0.2) is 53.3 Å². The number of aromatic nitrogens is 2. The summed E-state index contributed by atoms with van der Waals surface area (Å²) in [6.45, 7) is 0. The lowest BCUT2D eigenvalue weighted by atomic mass is 10.2. The van der Waals surface area contributed by atoms with Crippen LogP contribution in [0.25, 0.3) is 16.6 Å². The van der Waals surface area contributed by atoms with E-state index in [1.807, 2.05) is 25.2 Å². The third-order valence-electron chi connectivity index (χ3n) is 3.05. The third-order valence-corrected chi connectivity index (χ3v) is 3.05. The van der Waals surface area contributed by atoms with E-state index in [-0.39, 0.29) is 11.4 Å². The molecule has 1 heterocycles. The molecule has 0 spiro atoms. The predicted molar refractivity (Wildman–Crippen MR) is 68.5 cm³/mol. The van der Waals surface area contributed by atoms with Gasteiger partial charge in [-0.1, -0.05) is 12.1 Å². The van der Waals surface area contributed by atoms with Gasteiger partial charge in [0.05, 0.1) is 16.6 Å². The second kappa shape index (κ2) is 3.84. The van der Waals surface area contributed by atoms with Gasteiger partial charge in [-0.25, -0.2) is 9.07 Å². The van der Waals surface area contributed by atoms with Crippen molar-refractivity contribution in [3.63, 3.8) is 0 Å². The Morgan fingerprint density at radius 1 is 1.00 bits per heavy atom. The number of rotatable bonds is 1. The zero-order valence-corrected chi connectivity index (χ0v) is 9.80. The van der Waals surface area contributed by atoms with E-state index >= 15 is 0 Å². The highest BCUT2D eigenvalue weighted by molar-refractivity contribution is 5.79. The molecule has 0 aliphatic rings. The molecule has 0 radical (unpaired) electrons. The number of halogens is 1. The first-order valence-electron chi connectivity index (χ1n) is 5.61. The number of nitrogens with zero attached hydrogens (tertiary/aromatic N) is 2. The van der Waals surface area contributed by atoms with Crippen molar-refractivity contribution in [2.45, 2.75) is 0 Å². The summed E-state index contributed by atoms with van der Waals surface area (Å²) in [5, 5.41) is 0.657. The number of hydrogen-bond donors (Lipinski definition) is 0. The molecule has 3 rings (SSSR count). The molecule has 0 aliphatic carbocycles. The highest BCUT2D eigenvalue weighted by atomic mass is 19.1. The Kier molecular flexibility index (Phi) is 2.30. The number of hydrogen-bond acceptors (Lipinski definition) is 1. The van der Waals surface area contributed by atoms with E-state index in [4.69, 9.17) is 0 Å². The fraction of sp³-hybridized carbons (Fsp3) is 0.0714. The van der Waals surface area contributed by atoms with Crippen molar-refractivity contribution < 1.29 is 4.39 Å². The monoisotopic (exact) mass is 242 g/mol. The van der Waals surface area contributed by atoms with Crippen LogP contribution in [0.4, 0.5) is 4.39 Å². The number of para-hydroxylation sites is 1. The van der Waals surface area contributed by atoms with Crippen LogP contribution in [-0.4, -0.2) is 9.36 Å². The van der Waals surface area contributed by atoms with E-state index in [9.17, 15) is 9.18 Å². The van der Waals surface area contributed by atoms with Crippen LogP contribution in [0.3, 0.4) is 0 Å². The third kappa shape index (κ3) is 1.46. The van der Waals surface area contributed by atoms with E-state index in [1.165, 1.54) is 16.8 Å². The summed E-state index contributed by atoms with van der Waals surface area (Å²) >= 11 is 0. The van der Waals surface area contributed by atoms with E-state index in [1.54, 1.807) is 22.9 Å². The minimum Gasteiger partial charge on any atom is -0.280 e. The summed E-state index contributed by atoms with van der Waals surface area (Å²) in [6, 6.07) is 13.3. The summed E-state index contributed by atoms with van der Waals surface area (Å²) in [7, 11) is 1.81. The number of aryl methyl sites for hydroxylation is 1. The Morgan fingerprint density at radius 3 is 2.33 bits per heavy atom. The lowest BCUT2D eigenvalue weighted by Crippen LogP contribution is -2.19. The van der Waals surface area contributed by atoms with Gasteiger partial charge in [0.25, 0.3) is 5.56 Å². The highest BCUT2D eigenvalue weighted by Crippen LogP contribution is 2.13. The Hall–Kier alpha value is -2.36. The average Bonchev–Trinajstić information content (AvgIpc) is 2.64. The van der Waals surface area contributed by atoms with E-state index in [0.29, 0.717) is 11.1 Å². The molecule has 0 bridgehead atoms. The van der Waals surface area contributed by atoms with E-state index in [2.05, 4.69) is 0 Å². The van der Waals surface area contributed by atoms with Crippen LogP contribution in [0.2, 0.25) is 0 Å². The molecule has 0 amide bonds. The largest absolute Gasteiger partial charge is 0.280 e. The Labute approximate surface area is 103 Å². The number of benzene rings is 2. The zero-order chi connectivity index (χ0) is 12.7. The van der Waals surface area contributed by atoms with E-state index < -0.39 is 0 Å². The molecule has 0 aliphatic heterocycles. The maximum Gasteiger partial charge on any atom is 0.279 e. The van der Waals surface area contributed by atoms with Crippen LogP contribution in [0.1, 0.15) is 0 Å². The minimum absolute atomic E-state index is 0.0975. The van der Waals surface area contributed by atoms with Gasteiger partial charge < -0.3 is 0 Å². The standard InChI is InChI=1S/C14H11FN2O/c1-16-13-5-3-2-4-12(13)14(18)17(16)11-8-6-10(15)7-9-11/h2-9H,1H3. The van der Waals surface area contributed by atoms with E-state index in [0.717, 1.165) is 5.52 Å². The summed E-state index contributed by atoms with van der Waals surface area (Å²) in [4.78, 5) is 12.3. The molecule has 3 nitrogen and oxygen atoms in total. The van der Waals surface area contributed by atoms with Crippen LogP contribution in [0.5, 0.6) is 0 Å². The second-order valence-electron chi connectivity index (χ2n) is 4.13. The summed E-state index contributed by atoms with van der Waals surface area (Å²) in [5.41, 5.74) is 1.41. The first-order valence-corrected chi connectivity index (χ1v) is 5.61. The summed E-state index contributed by atoms with van der Waals surface area (Å²) in [6.07, 6.45) is 0. The van der Waals surface area contributed by atoms with Crippen LogP contribution >= 0.6 is 0 Å². The normalized spacial score (nSPS) is 11.0. The molecule has 18 heavy (non-hydrogen) atoms. The maximum absolute atomic E-state index is 12.9. The van der Waals surface area contributed by atoms with Crippen molar-refractivity contribution in [1.82, 2.24) is 9.36 Å². The van der Waals surface area contributed by atoms with Crippen molar-refractivity contribution in [1.29, 1.82) is 0 Å². The van der Waals surface area contributed by atoms with Gasteiger partial charge in [-0.2, -0.15) is 0 Å².